The lowest BCUT2D eigenvalue weighted by molar-refractivity contribution is 0.0958. The smallest absolute Gasteiger partial charge is 0.275 e. The zero-order chi connectivity index (χ0) is 11.9. The van der Waals surface area contributed by atoms with Crippen LogP contribution in [0.2, 0.25) is 0 Å². The Morgan fingerprint density at radius 1 is 1.62 bits per heavy atom. The van der Waals surface area contributed by atoms with Gasteiger partial charge in [-0.2, -0.15) is 0 Å². The molecular formula is C9H8BrN3O2S. The first kappa shape index (κ1) is 11.3. The summed E-state index contributed by atoms with van der Waals surface area (Å²) in [7, 11) is 1.66. The van der Waals surface area contributed by atoms with Gasteiger partial charge >= 0.3 is 0 Å². The van der Waals surface area contributed by atoms with E-state index >= 15 is 0 Å². The molecule has 84 valence electrons. The molecule has 0 saturated heterocycles. The lowest BCUT2D eigenvalue weighted by Gasteiger charge is -1.98. The van der Waals surface area contributed by atoms with Crippen molar-refractivity contribution in [2.75, 3.05) is 0 Å². The van der Waals surface area contributed by atoms with E-state index in [1.807, 2.05) is 5.43 Å². The maximum atomic E-state index is 11.8. The molecular weight excluding hydrogens is 294 g/mol. The molecule has 0 radical (unpaired) electrons. The third-order valence-electron chi connectivity index (χ3n) is 2.17. The molecule has 0 aliphatic rings. The molecule has 0 aliphatic heterocycles. The summed E-state index contributed by atoms with van der Waals surface area (Å²) in [5, 5.41) is 0.728. The summed E-state index contributed by atoms with van der Waals surface area (Å²) in [5.74, 6) is 4.65. The number of nitrogens with two attached hydrogens (primary N) is 1. The molecule has 2 heterocycles. The van der Waals surface area contributed by atoms with Gasteiger partial charge in [-0.3, -0.25) is 15.0 Å². The molecule has 0 aromatic carbocycles. The fourth-order valence-corrected chi connectivity index (χ4v) is 3.18. The van der Waals surface area contributed by atoms with Gasteiger partial charge in [-0.05, 0) is 22.0 Å². The molecule has 0 fully saturated rings. The molecule has 3 N–H and O–H groups in total. The second-order valence-electron chi connectivity index (χ2n) is 3.22. The fraction of sp³-hybridized carbons (Fsp3) is 0.111. The minimum atomic E-state index is -0.393. The van der Waals surface area contributed by atoms with Crippen molar-refractivity contribution in [3.63, 3.8) is 0 Å². The first-order valence-electron chi connectivity index (χ1n) is 4.34. The molecule has 0 aliphatic carbocycles. The highest BCUT2D eigenvalue weighted by Gasteiger charge is 2.13. The number of rotatable bonds is 1. The van der Waals surface area contributed by atoms with Crippen LogP contribution in [0.1, 0.15) is 9.67 Å². The largest absolute Gasteiger partial charge is 0.316 e. The van der Waals surface area contributed by atoms with Gasteiger partial charge in [-0.15, -0.1) is 11.3 Å². The lowest BCUT2D eigenvalue weighted by Crippen LogP contribution is -2.29. The molecule has 5 nitrogen and oxygen atoms in total. The van der Waals surface area contributed by atoms with Gasteiger partial charge in [0.15, 0.2) is 0 Å². The Hall–Kier alpha value is -1.18. The zero-order valence-corrected chi connectivity index (χ0v) is 10.7. The van der Waals surface area contributed by atoms with Crippen LogP contribution in [-0.2, 0) is 7.05 Å². The van der Waals surface area contributed by atoms with E-state index < -0.39 is 5.91 Å². The monoisotopic (exact) mass is 301 g/mol. The summed E-state index contributed by atoms with van der Waals surface area (Å²) >= 11 is 4.48. The number of carbonyl (C=O) groups excluding carboxylic acids is 1. The van der Waals surface area contributed by atoms with Crippen molar-refractivity contribution in [3.05, 3.63) is 32.0 Å². The second kappa shape index (κ2) is 4.00. The predicted molar refractivity (Wildman–Crippen MR) is 66.4 cm³/mol. The maximum absolute atomic E-state index is 11.8. The molecule has 0 spiro atoms. The van der Waals surface area contributed by atoms with E-state index in [1.165, 1.54) is 4.57 Å². The van der Waals surface area contributed by atoms with E-state index in [-0.39, 0.29) is 5.56 Å². The topological polar surface area (TPSA) is 77.1 Å². The Morgan fingerprint density at radius 3 is 2.94 bits per heavy atom. The van der Waals surface area contributed by atoms with Crippen LogP contribution in [0.4, 0.5) is 0 Å². The summed E-state index contributed by atoms with van der Waals surface area (Å²) in [4.78, 5) is 23.6. The SMILES string of the molecule is Cn1cc(Br)c2cc(C(=O)NN)sc2c1=O. The summed E-state index contributed by atoms with van der Waals surface area (Å²) in [6.07, 6.45) is 1.67. The Bertz CT molecular complexity index is 631. The highest BCUT2D eigenvalue weighted by molar-refractivity contribution is 9.10. The minimum Gasteiger partial charge on any atom is -0.316 e. The molecule has 2 aromatic rings. The highest BCUT2D eigenvalue weighted by atomic mass is 79.9. The van der Waals surface area contributed by atoms with E-state index in [1.54, 1.807) is 19.3 Å². The maximum Gasteiger partial charge on any atom is 0.275 e. The molecule has 1 amide bonds. The third-order valence-corrected chi connectivity index (χ3v) is 3.92. The predicted octanol–water partition coefficient (Wildman–Crippen LogP) is 0.966. The number of thiophene rings is 1. The minimum absolute atomic E-state index is 0.126. The number of hydrogen-bond acceptors (Lipinski definition) is 4. The number of halogens is 1. The van der Waals surface area contributed by atoms with Crippen molar-refractivity contribution in [2.45, 2.75) is 0 Å². The number of hydrazine groups is 1. The van der Waals surface area contributed by atoms with Crippen LogP contribution in [0, 0.1) is 0 Å². The normalized spacial score (nSPS) is 10.7. The zero-order valence-electron chi connectivity index (χ0n) is 8.28. The number of nitrogen functional groups attached to an aromatic ring is 1. The molecule has 7 heteroatoms. The van der Waals surface area contributed by atoms with Gasteiger partial charge in [-0.1, -0.05) is 0 Å². The molecule has 0 saturated carbocycles. The van der Waals surface area contributed by atoms with E-state index in [2.05, 4.69) is 15.9 Å². The number of fused-ring (bicyclic) bond motifs is 1. The number of nitrogens with zero attached hydrogens (tertiary/aromatic N) is 1. The van der Waals surface area contributed by atoms with Crippen LogP contribution in [0.15, 0.2) is 21.5 Å². The Kier molecular flexibility index (Phi) is 2.83. The number of carbonyl (C=O) groups is 1. The molecule has 2 rings (SSSR count). The van der Waals surface area contributed by atoms with E-state index in [0.29, 0.717) is 9.58 Å². The average Bonchev–Trinajstić information content (AvgIpc) is 2.70. The van der Waals surface area contributed by atoms with Gasteiger partial charge < -0.3 is 4.57 Å². The van der Waals surface area contributed by atoms with Gasteiger partial charge in [0.2, 0.25) is 0 Å². The van der Waals surface area contributed by atoms with Crippen molar-refractivity contribution in [1.82, 2.24) is 9.99 Å². The van der Waals surface area contributed by atoms with Crippen LogP contribution in [0.25, 0.3) is 10.1 Å². The van der Waals surface area contributed by atoms with Gasteiger partial charge in [0, 0.05) is 23.1 Å². The third kappa shape index (κ3) is 1.66. The van der Waals surface area contributed by atoms with Crippen molar-refractivity contribution in [3.8, 4) is 0 Å². The molecule has 16 heavy (non-hydrogen) atoms. The molecule has 2 aromatic heterocycles. The van der Waals surface area contributed by atoms with Crippen molar-refractivity contribution in [2.24, 2.45) is 12.9 Å². The number of nitrogens with one attached hydrogen (secondary N) is 1. The molecule has 0 unspecified atom stereocenters. The molecule has 0 atom stereocenters. The fourth-order valence-electron chi connectivity index (χ4n) is 1.37. The molecule has 0 bridgehead atoms. The van der Waals surface area contributed by atoms with Crippen LogP contribution in [0.3, 0.4) is 0 Å². The number of pyridine rings is 1. The average molecular weight is 302 g/mol. The summed E-state index contributed by atoms with van der Waals surface area (Å²) in [6.45, 7) is 0. The Labute approximate surface area is 103 Å². The van der Waals surface area contributed by atoms with Gasteiger partial charge in [0.25, 0.3) is 11.5 Å². The lowest BCUT2D eigenvalue weighted by atomic mass is 10.3. The van der Waals surface area contributed by atoms with Gasteiger partial charge in [-0.25, -0.2) is 5.84 Å². The number of aromatic nitrogens is 1. The number of aryl methyl sites for hydroxylation is 1. The van der Waals surface area contributed by atoms with Gasteiger partial charge in [0.05, 0.1) is 4.88 Å². The second-order valence-corrected chi connectivity index (χ2v) is 5.13. The standard InChI is InChI=1S/C9H8BrN3O2S/c1-13-3-5(10)4-2-6(8(14)12-11)16-7(4)9(13)15/h2-3H,11H2,1H3,(H,12,14). The number of hydrogen-bond donors (Lipinski definition) is 2. The van der Waals surface area contributed by atoms with Crippen LogP contribution in [-0.4, -0.2) is 10.5 Å². The van der Waals surface area contributed by atoms with E-state index in [0.717, 1.165) is 21.2 Å². The van der Waals surface area contributed by atoms with Crippen molar-refractivity contribution < 1.29 is 4.79 Å². The summed E-state index contributed by atoms with van der Waals surface area (Å²) in [6, 6.07) is 1.65. The Morgan fingerprint density at radius 2 is 2.31 bits per heavy atom. The quantitative estimate of drug-likeness (QED) is 0.468. The van der Waals surface area contributed by atoms with E-state index in [4.69, 9.17) is 5.84 Å². The first-order chi connectivity index (χ1) is 7.54. The van der Waals surface area contributed by atoms with Crippen LogP contribution >= 0.6 is 27.3 Å². The summed E-state index contributed by atoms with van der Waals surface area (Å²) < 4.78 is 2.78. The summed E-state index contributed by atoms with van der Waals surface area (Å²) in [5.41, 5.74) is 1.92. The number of amides is 1. The van der Waals surface area contributed by atoms with Crippen molar-refractivity contribution >= 4 is 43.3 Å². The first-order valence-corrected chi connectivity index (χ1v) is 5.95. The van der Waals surface area contributed by atoms with Crippen LogP contribution < -0.4 is 16.8 Å². The van der Waals surface area contributed by atoms with E-state index in [9.17, 15) is 9.59 Å². The van der Waals surface area contributed by atoms with Crippen LogP contribution in [0.5, 0.6) is 0 Å². The highest BCUT2D eigenvalue weighted by Crippen LogP contribution is 2.28. The Balaban J connectivity index is 2.80. The van der Waals surface area contributed by atoms with Crippen molar-refractivity contribution in [1.29, 1.82) is 0 Å². The van der Waals surface area contributed by atoms with Gasteiger partial charge in [0.1, 0.15) is 4.70 Å².